The van der Waals surface area contributed by atoms with E-state index >= 15 is 0 Å². The van der Waals surface area contributed by atoms with Gasteiger partial charge < -0.3 is 20.5 Å². The number of hydrogen-bond donors (Lipinski definition) is 3. The molecule has 0 saturated heterocycles. The van der Waals surface area contributed by atoms with Crippen LogP contribution < -0.4 is 10.6 Å². The van der Waals surface area contributed by atoms with Crippen LogP contribution in [-0.4, -0.2) is 35.7 Å². The van der Waals surface area contributed by atoms with Crippen LogP contribution in [0.25, 0.3) is 11.1 Å². The van der Waals surface area contributed by atoms with Crippen LogP contribution >= 0.6 is 11.3 Å². The molecule has 2 aromatic carbocycles. The number of alkyl carbamates (subject to hydrolysis) is 1. The van der Waals surface area contributed by atoms with Crippen molar-refractivity contribution in [2.75, 3.05) is 6.61 Å². The van der Waals surface area contributed by atoms with Crippen molar-refractivity contribution in [3.63, 3.8) is 0 Å². The molecule has 1 heterocycles. The SMILES string of the molecule is CC(CCCC(=O)NC(C(=O)O)c1cccs1)NC(=O)OCC1c2ccccc2-c2ccccc21. The van der Waals surface area contributed by atoms with Gasteiger partial charge in [-0.15, -0.1) is 11.3 Å². The number of carbonyl (C=O) groups is 3. The first-order valence-corrected chi connectivity index (χ1v) is 12.5. The Morgan fingerprint density at radius 1 is 0.971 bits per heavy atom. The van der Waals surface area contributed by atoms with E-state index in [-0.39, 0.29) is 30.9 Å². The highest BCUT2D eigenvalue weighted by molar-refractivity contribution is 7.10. The third-order valence-electron chi connectivity index (χ3n) is 6.13. The van der Waals surface area contributed by atoms with Crippen molar-refractivity contribution in [3.8, 4) is 11.1 Å². The van der Waals surface area contributed by atoms with E-state index in [9.17, 15) is 19.5 Å². The van der Waals surface area contributed by atoms with E-state index in [0.717, 1.165) is 11.1 Å². The summed E-state index contributed by atoms with van der Waals surface area (Å²) in [5, 5.41) is 16.5. The summed E-state index contributed by atoms with van der Waals surface area (Å²) < 4.78 is 5.56. The topological polar surface area (TPSA) is 105 Å². The molecule has 3 aromatic rings. The normalized spacial score (nSPS) is 13.9. The summed E-state index contributed by atoms with van der Waals surface area (Å²) >= 11 is 1.29. The van der Waals surface area contributed by atoms with Gasteiger partial charge >= 0.3 is 12.1 Å². The van der Waals surface area contributed by atoms with E-state index in [0.29, 0.717) is 17.7 Å². The first kappa shape index (κ1) is 24.5. The van der Waals surface area contributed by atoms with E-state index in [1.54, 1.807) is 17.5 Å². The van der Waals surface area contributed by atoms with E-state index in [4.69, 9.17) is 4.74 Å². The lowest BCUT2D eigenvalue weighted by Crippen LogP contribution is -2.35. The molecule has 0 aliphatic heterocycles. The molecular formula is C27H28N2O5S. The van der Waals surface area contributed by atoms with E-state index < -0.39 is 18.1 Å². The van der Waals surface area contributed by atoms with Gasteiger partial charge in [0.05, 0.1) is 0 Å². The van der Waals surface area contributed by atoms with E-state index in [2.05, 4.69) is 34.9 Å². The minimum atomic E-state index is -1.09. The quantitative estimate of drug-likeness (QED) is 0.366. The molecule has 182 valence electrons. The van der Waals surface area contributed by atoms with Crippen molar-refractivity contribution in [1.29, 1.82) is 0 Å². The predicted octanol–water partition coefficient (Wildman–Crippen LogP) is 5.09. The summed E-state index contributed by atoms with van der Waals surface area (Å²) in [6.07, 6.45) is 0.751. The average Bonchev–Trinajstić information content (AvgIpc) is 3.48. The summed E-state index contributed by atoms with van der Waals surface area (Å²) in [6.45, 7) is 2.10. The zero-order valence-electron chi connectivity index (χ0n) is 19.4. The monoisotopic (exact) mass is 492 g/mol. The van der Waals surface area contributed by atoms with Crippen molar-refractivity contribution >= 4 is 29.3 Å². The van der Waals surface area contributed by atoms with Gasteiger partial charge in [-0.2, -0.15) is 0 Å². The van der Waals surface area contributed by atoms with Gasteiger partial charge in [-0.1, -0.05) is 54.6 Å². The molecule has 8 heteroatoms. The van der Waals surface area contributed by atoms with Gasteiger partial charge in [0.25, 0.3) is 0 Å². The van der Waals surface area contributed by atoms with Gasteiger partial charge in [0.15, 0.2) is 6.04 Å². The fourth-order valence-corrected chi connectivity index (χ4v) is 5.19. The van der Waals surface area contributed by atoms with Crippen LogP contribution in [0.4, 0.5) is 4.79 Å². The summed E-state index contributed by atoms with van der Waals surface area (Å²) in [5.41, 5.74) is 4.66. The number of carbonyl (C=O) groups excluding carboxylic acids is 2. The summed E-state index contributed by atoms with van der Waals surface area (Å²) in [4.78, 5) is 36.7. The lowest BCUT2D eigenvalue weighted by Gasteiger charge is -2.17. The highest BCUT2D eigenvalue weighted by Crippen LogP contribution is 2.44. The smallest absolute Gasteiger partial charge is 0.407 e. The van der Waals surface area contributed by atoms with Crippen LogP contribution in [0.5, 0.6) is 0 Å². The third kappa shape index (κ3) is 5.89. The largest absolute Gasteiger partial charge is 0.479 e. The number of carboxylic acids is 1. The molecule has 1 aliphatic rings. The number of hydrogen-bond acceptors (Lipinski definition) is 5. The number of thiophene rings is 1. The summed E-state index contributed by atoms with van der Waals surface area (Å²) in [5.74, 6) is -1.43. The predicted molar refractivity (Wildman–Crippen MR) is 134 cm³/mol. The fourth-order valence-electron chi connectivity index (χ4n) is 4.43. The molecule has 1 aromatic heterocycles. The zero-order chi connectivity index (χ0) is 24.8. The zero-order valence-corrected chi connectivity index (χ0v) is 20.2. The summed E-state index contributed by atoms with van der Waals surface area (Å²) in [6, 6.07) is 18.5. The van der Waals surface area contributed by atoms with Gasteiger partial charge in [-0.05, 0) is 53.5 Å². The second kappa shape index (κ2) is 11.2. The number of aliphatic carboxylic acids is 1. The Kier molecular flexibility index (Phi) is 7.82. The number of carboxylic acid groups (broad SMARTS) is 1. The molecule has 2 unspecified atom stereocenters. The Balaban J connectivity index is 1.21. The number of nitrogens with one attached hydrogen (secondary N) is 2. The second-order valence-corrected chi connectivity index (χ2v) is 9.60. The molecule has 2 amide bonds. The van der Waals surface area contributed by atoms with Gasteiger partial charge in [0, 0.05) is 23.3 Å². The first-order valence-electron chi connectivity index (χ1n) is 11.6. The highest BCUT2D eigenvalue weighted by Gasteiger charge is 2.29. The van der Waals surface area contributed by atoms with E-state index in [1.807, 2.05) is 31.2 Å². The molecule has 0 bridgehead atoms. The van der Waals surface area contributed by atoms with E-state index in [1.165, 1.54) is 22.5 Å². The number of benzene rings is 2. The van der Waals surface area contributed by atoms with Crippen LogP contribution in [-0.2, 0) is 14.3 Å². The molecule has 7 nitrogen and oxygen atoms in total. The van der Waals surface area contributed by atoms with Crippen LogP contribution in [0.15, 0.2) is 66.0 Å². The minimum Gasteiger partial charge on any atom is -0.479 e. The molecule has 0 radical (unpaired) electrons. The fraction of sp³-hybridized carbons (Fsp3) is 0.296. The maximum atomic E-state index is 12.4. The van der Waals surface area contributed by atoms with Crippen molar-refractivity contribution in [3.05, 3.63) is 82.0 Å². The van der Waals surface area contributed by atoms with Crippen molar-refractivity contribution in [2.24, 2.45) is 0 Å². The van der Waals surface area contributed by atoms with Crippen LogP contribution in [0, 0.1) is 0 Å². The molecular weight excluding hydrogens is 464 g/mol. The Hall–Kier alpha value is -3.65. The molecule has 0 saturated carbocycles. The maximum Gasteiger partial charge on any atom is 0.407 e. The Morgan fingerprint density at radius 3 is 2.23 bits per heavy atom. The maximum absolute atomic E-state index is 12.4. The molecule has 3 N–H and O–H groups in total. The van der Waals surface area contributed by atoms with Gasteiger partial charge in [-0.3, -0.25) is 4.79 Å². The Bertz CT molecular complexity index is 1150. The van der Waals surface area contributed by atoms with Crippen molar-refractivity contribution in [2.45, 2.75) is 44.2 Å². The minimum absolute atomic E-state index is 0.00215. The molecule has 35 heavy (non-hydrogen) atoms. The van der Waals surface area contributed by atoms with Gasteiger partial charge in [-0.25, -0.2) is 9.59 Å². The molecule has 4 rings (SSSR count). The number of fused-ring (bicyclic) bond motifs is 3. The number of rotatable bonds is 10. The lowest BCUT2D eigenvalue weighted by atomic mass is 9.98. The molecule has 0 spiro atoms. The highest BCUT2D eigenvalue weighted by atomic mass is 32.1. The third-order valence-corrected chi connectivity index (χ3v) is 7.07. The Labute approximate surface area is 208 Å². The van der Waals surface area contributed by atoms with Crippen LogP contribution in [0.1, 0.15) is 54.1 Å². The second-order valence-electron chi connectivity index (χ2n) is 8.62. The summed E-state index contributed by atoms with van der Waals surface area (Å²) in [7, 11) is 0. The first-order chi connectivity index (χ1) is 16.9. The van der Waals surface area contributed by atoms with Crippen LogP contribution in [0.2, 0.25) is 0 Å². The number of ether oxygens (including phenoxy) is 1. The lowest BCUT2D eigenvalue weighted by molar-refractivity contribution is -0.142. The van der Waals surface area contributed by atoms with Gasteiger partial charge in [0.1, 0.15) is 6.61 Å². The van der Waals surface area contributed by atoms with Crippen molar-refractivity contribution < 1.29 is 24.2 Å². The van der Waals surface area contributed by atoms with Crippen molar-refractivity contribution in [1.82, 2.24) is 10.6 Å². The number of amides is 2. The molecule has 2 atom stereocenters. The standard InChI is InChI=1S/C27H28N2O5S/c1-17(8-6-14-24(30)29-25(26(31)32)23-13-7-15-35-23)28-27(33)34-16-22-20-11-4-2-9-18(20)19-10-3-5-12-21(19)22/h2-5,7,9-13,15,17,22,25H,6,8,14,16H2,1H3,(H,28,33)(H,29,30)(H,31,32). The Morgan fingerprint density at radius 2 is 1.63 bits per heavy atom. The molecule has 0 fully saturated rings. The molecule has 1 aliphatic carbocycles. The van der Waals surface area contributed by atoms with Gasteiger partial charge in [0.2, 0.25) is 5.91 Å². The van der Waals surface area contributed by atoms with Crippen LogP contribution in [0.3, 0.4) is 0 Å². The average molecular weight is 493 g/mol.